The van der Waals surface area contributed by atoms with E-state index in [4.69, 9.17) is 27.7 Å². The number of halogens is 2. The van der Waals surface area contributed by atoms with E-state index in [1.165, 1.54) is 0 Å². The maximum Gasteiger partial charge on any atom is 0.259 e. The molecule has 0 N–H and O–H groups in total. The number of anilines is 1. The summed E-state index contributed by atoms with van der Waals surface area (Å²) in [6, 6.07) is 3.54. The normalized spacial score (nSPS) is 14.8. The van der Waals surface area contributed by atoms with Crippen LogP contribution >= 0.6 is 23.2 Å². The third-order valence-electron chi connectivity index (χ3n) is 5.11. The Bertz CT molecular complexity index is 1070. The smallest absolute Gasteiger partial charge is 0.259 e. The number of nitrogens with zero attached hydrogens (tertiary/aromatic N) is 5. The van der Waals surface area contributed by atoms with Crippen LogP contribution in [0.4, 0.5) is 5.82 Å². The van der Waals surface area contributed by atoms with Crippen molar-refractivity contribution in [3.05, 3.63) is 45.3 Å². The van der Waals surface area contributed by atoms with Crippen LogP contribution in [0.2, 0.25) is 10.0 Å². The van der Waals surface area contributed by atoms with E-state index in [2.05, 4.69) is 20.0 Å². The Kier molecular flexibility index (Phi) is 5.36. The van der Waals surface area contributed by atoms with Crippen LogP contribution in [-0.4, -0.2) is 52.1 Å². The lowest BCUT2D eigenvalue weighted by Gasteiger charge is -2.36. The van der Waals surface area contributed by atoms with Crippen molar-refractivity contribution >= 4 is 46.0 Å². The maximum atomic E-state index is 13.3. The summed E-state index contributed by atoms with van der Waals surface area (Å²) in [6.07, 6.45) is 1.58. The number of piperazine rings is 1. The van der Waals surface area contributed by atoms with Crippen LogP contribution in [0.5, 0.6) is 0 Å². The molecule has 0 saturated carbocycles. The molecule has 0 bridgehead atoms. The fourth-order valence-corrected chi connectivity index (χ4v) is 4.01. The Labute approximate surface area is 178 Å². The van der Waals surface area contributed by atoms with Gasteiger partial charge in [-0.15, -0.1) is 0 Å². The molecule has 1 aliphatic rings. The van der Waals surface area contributed by atoms with Crippen LogP contribution in [-0.2, 0) is 0 Å². The minimum Gasteiger partial charge on any atom is -0.352 e. The molecule has 0 aromatic carbocycles. The number of aryl methyl sites for hydroxylation is 1. The first-order valence-corrected chi connectivity index (χ1v) is 10.2. The number of hydrogen-bond donors (Lipinski definition) is 0. The average Bonchev–Trinajstić information content (AvgIpc) is 3.08. The highest BCUT2D eigenvalue weighted by atomic mass is 35.5. The number of hydrogen-bond acceptors (Lipinski definition) is 6. The van der Waals surface area contributed by atoms with Crippen LogP contribution in [0.3, 0.4) is 0 Å². The Morgan fingerprint density at radius 1 is 1.17 bits per heavy atom. The predicted octanol–water partition coefficient (Wildman–Crippen LogP) is 4.32. The fraction of sp³-hybridized carbons (Fsp3) is 0.400. The molecule has 1 fully saturated rings. The van der Waals surface area contributed by atoms with Crippen LogP contribution in [0, 0.1) is 6.92 Å². The number of carbonyl (C=O) groups excluding carboxylic acids is 1. The molecule has 29 heavy (non-hydrogen) atoms. The van der Waals surface area contributed by atoms with Crippen LogP contribution < -0.4 is 4.90 Å². The molecule has 1 aliphatic heterocycles. The minimum atomic E-state index is -0.0413. The van der Waals surface area contributed by atoms with Crippen LogP contribution in [0.1, 0.15) is 41.5 Å². The number of carbonyl (C=O) groups is 1. The molecular weight excluding hydrogens is 413 g/mol. The Balaban J connectivity index is 1.58. The number of rotatable bonds is 3. The third-order valence-corrected chi connectivity index (χ3v) is 5.60. The summed E-state index contributed by atoms with van der Waals surface area (Å²) < 4.78 is 5.34. The summed E-state index contributed by atoms with van der Waals surface area (Å²) in [4.78, 5) is 26.1. The zero-order valence-corrected chi connectivity index (χ0v) is 18.0. The van der Waals surface area contributed by atoms with Crippen molar-refractivity contribution in [3.8, 4) is 0 Å². The van der Waals surface area contributed by atoms with Gasteiger partial charge in [0.1, 0.15) is 5.82 Å². The predicted molar refractivity (Wildman–Crippen MR) is 113 cm³/mol. The van der Waals surface area contributed by atoms with E-state index < -0.39 is 0 Å². The van der Waals surface area contributed by atoms with Crippen molar-refractivity contribution in [1.29, 1.82) is 0 Å². The van der Waals surface area contributed by atoms with Crippen molar-refractivity contribution in [3.63, 3.8) is 0 Å². The zero-order chi connectivity index (χ0) is 20.7. The first-order valence-electron chi connectivity index (χ1n) is 9.47. The number of fused-ring (bicyclic) bond motifs is 1. The molecule has 4 heterocycles. The molecule has 152 valence electrons. The molecule has 1 amide bonds. The molecule has 0 unspecified atom stereocenters. The van der Waals surface area contributed by atoms with Gasteiger partial charge in [-0.3, -0.25) is 4.79 Å². The van der Waals surface area contributed by atoms with E-state index >= 15 is 0 Å². The second-order valence-electron chi connectivity index (χ2n) is 7.44. The highest BCUT2D eigenvalue weighted by Gasteiger charge is 2.27. The summed E-state index contributed by atoms with van der Waals surface area (Å²) in [5.74, 6) is 0.818. The van der Waals surface area contributed by atoms with Crippen molar-refractivity contribution in [2.24, 2.45) is 0 Å². The first kappa shape index (κ1) is 19.9. The molecule has 0 radical (unpaired) electrons. The van der Waals surface area contributed by atoms with Crippen molar-refractivity contribution in [1.82, 2.24) is 20.0 Å². The highest BCUT2D eigenvalue weighted by Crippen LogP contribution is 2.29. The van der Waals surface area contributed by atoms with Gasteiger partial charge in [0.25, 0.3) is 11.6 Å². The van der Waals surface area contributed by atoms with E-state index in [-0.39, 0.29) is 11.8 Å². The fourth-order valence-electron chi connectivity index (χ4n) is 3.51. The Morgan fingerprint density at radius 3 is 2.55 bits per heavy atom. The molecule has 1 saturated heterocycles. The number of aromatic nitrogens is 3. The van der Waals surface area contributed by atoms with E-state index in [0.29, 0.717) is 64.4 Å². The van der Waals surface area contributed by atoms with Gasteiger partial charge in [-0.2, -0.15) is 0 Å². The van der Waals surface area contributed by atoms with E-state index in [9.17, 15) is 4.79 Å². The molecule has 4 rings (SSSR count). The number of pyridine rings is 2. The molecule has 0 atom stereocenters. The third kappa shape index (κ3) is 3.76. The van der Waals surface area contributed by atoms with Crippen LogP contribution in [0.15, 0.2) is 22.9 Å². The molecular formula is C20H21Cl2N5O2. The molecule has 0 spiro atoms. The van der Waals surface area contributed by atoms with E-state index in [1.807, 2.05) is 31.7 Å². The van der Waals surface area contributed by atoms with Gasteiger partial charge >= 0.3 is 0 Å². The summed E-state index contributed by atoms with van der Waals surface area (Å²) in [5, 5.41) is 5.70. The summed E-state index contributed by atoms with van der Waals surface area (Å²) in [5.41, 5.74) is 2.48. The lowest BCUT2D eigenvalue weighted by atomic mass is 10.0. The summed E-state index contributed by atoms with van der Waals surface area (Å²) >= 11 is 12.2. The van der Waals surface area contributed by atoms with Gasteiger partial charge in [-0.25, -0.2) is 9.97 Å². The Hall–Kier alpha value is -2.38. The minimum absolute atomic E-state index is 0.0413. The standard InChI is InChI=1S/C20H21Cl2N5O2/c1-11(2)16-9-14(17-12(3)25-29-19(17)24-16)20(28)27-6-4-26(5-7-27)18-15(22)8-13(21)10-23-18/h8-11H,4-7H2,1-3H3. The van der Waals surface area contributed by atoms with Gasteiger partial charge in [0.15, 0.2) is 0 Å². The van der Waals surface area contributed by atoms with Gasteiger partial charge in [-0.05, 0) is 25.0 Å². The second kappa shape index (κ2) is 7.80. The van der Waals surface area contributed by atoms with Crippen LogP contribution in [0.25, 0.3) is 11.1 Å². The Morgan fingerprint density at radius 2 is 1.90 bits per heavy atom. The summed E-state index contributed by atoms with van der Waals surface area (Å²) in [7, 11) is 0. The topological polar surface area (TPSA) is 75.4 Å². The van der Waals surface area contributed by atoms with Crippen molar-refractivity contribution < 1.29 is 9.32 Å². The van der Waals surface area contributed by atoms with Gasteiger partial charge in [-0.1, -0.05) is 42.2 Å². The lowest BCUT2D eigenvalue weighted by molar-refractivity contribution is 0.0748. The molecule has 7 nitrogen and oxygen atoms in total. The van der Waals surface area contributed by atoms with Crippen molar-refractivity contribution in [2.45, 2.75) is 26.7 Å². The molecule has 9 heteroatoms. The zero-order valence-electron chi connectivity index (χ0n) is 16.4. The molecule has 0 aliphatic carbocycles. The maximum absolute atomic E-state index is 13.3. The molecule has 3 aromatic rings. The van der Waals surface area contributed by atoms with Crippen molar-refractivity contribution in [2.75, 3.05) is 31.1 Å². The van der Waals surface area contributed by atoms with Gasteiger partial charge in [0, 0.05) is 38.1 Å². The van der Waals surface area contributed by atoms with E-state index in [1.54, 1.807) is 12.3 Å². The summed E-state index contributed by atoms with van der Waals surface area (Å²) in [6.45, 7) is 8.28. The molecule has 3 aromatic heterocycles. The second-order valence-corrected chi connectivity index (χ2v) is 8.28. The monoisotopic (exact) mass is 433 g/mol. The SMILES string of the molecule is Cc1noc2nc(C(C)C)cc(C(=O)N3CCN(c4ncc(Cl)cc4Cl)CC3)c12. The number of amides is 1. The van der Waals surface area contributed by atoms with Gasteiger partial charge in [0.2, 0.25) is 0 Å². The highest BCUT2D eigenvalue weighted by molar-refractivity contribution is 6.36. The largest absolute Gasteiger partial charge is 0.352 e. The quantitative estimate of drug-likeness (QED) is 0.611. The van der Waals surface area contributed by atoms with Gasteiger partial charge in [0.05, 0.1) is 26.7 Å². The first-order chi connectivity index (χ1) is 13.8. The van der Waals surface area contributed by atoms with E-state index in [0.717, 1.165) is 5.69 Å². The lowest BCUT2D eigenvalue weighted by Crippen LogP contribution is -2.49. The van der Waals surface area contributed by atoms with Gasteiger partial charge < -0.3 is 14.3 Å². The average molecular weight is 434 g/mol.